The molecule has 1 aromatic heterocycles. The van der Waals surface area contributed by atoms with Crippen molar-refractivity contribution >= 4 is 27.4 Å². The number of nitrogen functional groups attached to an aromatic ring is 1. The molecule has 1 rings (SSSR count). The summed E-state index contributed by atoms with van der Waals surface area (Å²) >= 11 is 0. The van der Waals surface area contributed by atoms with Crippen LogP contribution in [0.1, 0.15) is 17.3 Å². The van der Waals surface area contributed by atoms with E-state index in [2.05, 4.69) is 15.2 Å². The third-order valence-electron chi connectivity index (χ3n) is 2.67. The standard InChI is InChI=1S/C10H18N4O4S/c1-4-19(16,17)6-5-14-8(11)7(10(15)18-3)9(12-2)13-14/h4-6,11H2,1-3H3,(H,12,13). The molecule has 1 heterocycles. The number of ether oxygens (including phenoxy) is 1. The van der Waals surface area contributed by atoms with E-state index in [1.54, 1.807) is 14.0 Å². The molecular weight excluding hydrogens is 272 g/mol. The van der Waals surface area contributed by atoms with Crippen molar-refractivity contribution in [1.82, 2.24) is 9.78 Å². The van der Waals surface area contributed by atoms with Crippen LogP contribution < -0.4 is 11.1 Å². The Balaban J connectivity index is 3.04. The number of sulfone groups is 1. The average molecular weight is 290 g/mol. The average Bonchev–Trinajstić information content (AvgIpc) is 2.72. The number of hydrogen-bond acceptors (Lipinski definition) is 7. The fourth-order valence-corrected chi connectivity index (χ4v) is 2.23. The molecule has 0 saturated heterocycles. The van der Waals surface area contributed by atoms with Gasteiger partial charge >= 0.3 is 5.97 Å². The van der Waals surface area contributed by atoms with Crippen molar-refractivity contribution in [1.29, 1.82) is 0 Å². The largest absolute Gasteiger partial charge is 0.465 e. The fourth-order valence-electron chi connectivity index (χ4n) is 1.49. The zero-order chi connectivity index (χ0) is 14.6. The molecule has 19 heavy (non-hydrogen) atoms. The third kappa shape index (κ3) is 3.37. The quantitative estimate of drug-likeness (QED) is 0.692. The Kier molecular flexibility index (Phi) is 4.76. The highest BCUT2D eigenvalue weighted by Crippen LogP contribution is 2.22. The molecule has 108 valence electrons. The van der Waals surface area contributed by atoms with Gasteiger partial charge in [-0.2, -0.15) is 5.10 Å². The van der Waals surface area contributed by atoms with Gasteiger partial charge in [-0.1, -0.05) is 6.92 Å². The van der Waals surface area contributed by atoms with E-state index < -0.39 is 15.8 Å². The Morgan fingerprint density at radius 3 is 2.63 bits per heavy atom. The van der Waals surface area contributed by atoms with E-state index >= 15 is 0 Å². The summed E-state index contributed by atoms with van der Waals surface area (Å²) in [5.74, 6) is -0.303. The summed E-state index contributed by atoms with van der Waals surface area (Å²) in [6, 6.07) is 0. The maximum Gasteiger partial charge on any atom is 0.345 e. The van der Waals surface area contributed by atoms with Crippen molar-refractivity contribution in [2.24, 2.45) is 0 Å². The highest BCUT2D eigenvalue weighted by molar-refractivity contribution is 7.91. The van der Waals surface area contributed by atoms with Gasteiger partial charge in [0.1, 0.15) is 11.4 Å². The highest BCUT2D eigenvalue weighted by Gasteiger charge is 2.22. The lowest BCUT2D eigenvalue weighted by molar-refractivity contribution is 0.0603. The molecule has 0 aliphatic carbocycles. The molecule has 0 saturated carbocycles. The Morgan fingerprint density at radius 2 is 2.16 bits per heavy atom. The van der Waals surface area contributed by atoms with Crippen LogP contribution >= 0.6 is 0 Å². The minimum atomic E-state index is -3.12. The molecule has 0 aromatic carbocycles. The minimum Gasteiger partial charge on any atom is -0.465 e. The second kappa shape index (κ2) is 5.91. The molecule has 1 aromatic rings. The molecule has 0 radical (unpaired) electrons. The molecule has 0 spiro atoms. The number of rotatable bonds is 6. The van der Waals surface area contributed by atoms with Crippen LogP contribution in [0.2, 0.25) is 0 Å². The van der Waals surface area contributed by atoms with Gasteiger partial charge in [-0.15, -0.1) is 0 Å². The number of nitrogens with zero attached hydrogens (tertiary/aromatic N) is 2. The zero-order valence-electron chi connectivity index (χ0n) is 11.1. The van der Waals surface area contributed by atoms with Crippen LogP contribution in [0.25, 0.3) is 0 Å². The SMILES string of the molecule is CCS(=O)(=O)CCn1nc(NC)c(C(=O)OC)c1N. The first-order valence-corrected chi connectivity index (χ1v) is 7.51. The summed E-state index contributed by atoms with van der Waals surface area (Å²) in [7, 11) is -0.303. The minimum absolute atomic E-state index is 0.0525. The van der Waals surface area contributed by atoms with Crippen LogP contribution in [0.3, 0.4) is 0 Å². The highest BCUT2D eigenvalue weighted by atomic mass is 32.2. The first kappa shape index (κ1) is 15.3. The Bertz CT molecular complexity index is 564. The lowest BCUT2D eigenvalue weighted by atomic mass is 10.3. The lowest BCUT2D eigenvalue weighted by Gasteiger charge is -2.04. The molecule has 0 fully saturated rings. The van der Waals surface area contributed by atoms with Crippen LogP contribution in [0, 0.1) is 0 Å². The number of carbonyl (C=O) groups is 1. The van der Waals surface area contributed by atoms with Crippen molar-refractivity contribution < 1.29 is 17.9 Å². The third-order valence-corrected chi connectivity index (χ3v) is 4.36. The van der Waals surface area contributed by atoms with E-state index in [1.165, 1.54) is 11.8 Å². The maximum absolute atomic E-state index is 11.6. The van der Waals surface area contributed by atoms with Gasteiger partial charge in [0.15, 0.2) is 15.7 Å². The van der Waals surface area contributed by atoms with Crippen LogP contribution in [-0.2, 0) is 21.1 Å². The van der Waals surface area contributed by atoms with Crippen molar-refractivity contribution in [3.8, 4) is 0 Å². The van der Waals surface area contributed by atoms with Crippen LogP contribution in [0.15, 0.2) is 0 Å². The molecule has 0 aliphatic rings. The number of aryl methyl sites for hydroxylation is 1. The molecule has 8 nitrogen and oxygen atoms in total. The number of methoxy groups -OCH3 is 1. The Morgan fingerprint density at radius 1 is 1.53 bits per heavy atom. The van der Waals surface area contributed by atoms with E-state index in [9.17, 15) is 13.2 Å². The van der Waals surface area contributed by atoms with Gasteiger partial charge in [0.25, 0.3) is 0 Å². The predicted octanol–water partition coefficient (Wildman–Crippen LogP) is -0.272. The molecule has 0 aliphatic heterocycles. The first-order valence-electron chi connectivity index (χ1n) is 5.69. The van der Waals surface area contributed by atoms with E-state index in [-0.39, 0.29) is 35.2 Å². The lowest BCUT2D eigenvalue weighted by Crippen LogP contribution is -2.17. The van der Waals surface area contributed by atoms with Gasteiger partial charge in [0.05, 0.1) is 19.4 Å². The molecule has 9 heteroatoms. The number of anilines is 2. The van der Waals surface area contributed by atoms with Gasteiger partial charge in [-0.25, -0.2) is 17.9 Å². The van der Waals surface area contributed by atoms with Gasteiger partial charge in [0, 0.05) is 12.8 Å². The van der Waals surface area contributed by atoms with Gasteiger partial charge in [0.2, 0.25) is 0 Å². The molecule has 0 atom stereocenters. The van der Waals surface area contributed by atoms with E-state index in [0.717, 1.165) is 0 Å². The number of esters is 1. The Labute approximate surface area is 111 Å². The number of hydrogen-bond donors (Lipinski definition) is 2. The fraction of sp³-hybridized carbons (Fsp3) is 0.600. The normalized spacial score (nSPS) is 11.3. The number of carbonyl (C=O) groups excluding carboxylic acids is 1. The molecular formula is C10H18N4O4S. The molecule has 0 unspecified atom stereocenters. The second-order valence-electron chi connectivity index (χ2n) is 3.81. The van der Waals surface area contributed by atoms with Crippen molar-refractivity contribution in [2.45, 2.75) is 13.5 Å². The van der Waals surface area contributed by atoms with Crippen LogP contribution in [-0.4, -0.2) is 49.8 Å². The van der Waals surface area contributed by atoms with Gasteiger partial charge < -0.3 is 15.8 Å². The summed E-state index contributed by atoms with van der Waals surface area (Å²) in [5.41, 5.74) is 5.90. The van der Waals surface area contributed by atoms with E-state index in [1.807, 2.05) is 0 Å². The number of nitrogens with one attached hydrogen (secondary N) is 1. The monoisotopic (exact) mass is 290 g/mol. The topological polar surface area (TPSA) is 116 Å². The smallest absolute Gasteiger partial charge is 0.345 e. The predicted molar refractivity (Wildman–Crippen MR) is 71.9 cm³/mol. The van der Waals surface area contributed by atoms with E-state index in [4.69, 9.17) is 5.73 Å². The molecule has 0 amide bonds. The summed E-state index contributed by atoms with van der Waals surface area (Å²) < 4.78 is 28.8. The summed E-state index contributed by atoms with van der Waals surface area (Å²) in [6.45, 7) is 1.66. The first-order chi connectivity index (χ1) is 8.86. The van der Waals surface area contributed by atoms with Crippen LogP contribution in [0.5, 0.6) is 0 Å². The van der Waals surface area contributed by atoms with Crippen LogP contribution in [0.4, 0.5) is 11.6 Å². The second-order valence-corrected chi connectivity index (χ2v) is 6.28. The molecule has 3 N–H and O–H groups in total. The summed E-state index contributed by atoms with van der Waals surface area (Å²) in [6.07, 6.45) is 0. The summed E-state index contributed by atoms with van der Waals surface area (Å²) in [4.78, 5) is 11.6. The maximum atomic E-state index is 11.6. The number of nitrogens with two attached hydrogens (primary N) is 1. The van der Waals surface area contributed by atoms with Crippen molar-refractivity contribution in [3.63, 3.8) is 0 Å². The summed E-state index contributed by atoms with van der Waals surface area (Å²) in [5, 5.41) is 6.77. The number of aromatic nitrogens is 2. The van der Waals surface area contributed by atoms with Gasteiger partial charge in [-0.3, -0.25) is 0 Å². The van der Waals surface area contributed by atoms with Crippen molar-refractivity contribution in [2.75, 3.05) is 36.7 Å². The van der Waals surface area contributed by atoms with Crippen molar-refractivity contribution in [3.05, 3.63) is 5.56 Å². The Hall–Kier alpha value is -1.77. The molecule has 0 bridgehead atoms. The van der Waals surface area contributed by atoms with Gasteiger partial charge in [-0.05, 0) is 0 Å². The zero-order valence-corrected chi connectivity index (χ0v) is 12.0. The van der Waals surface area contributed by atoms with E-state index in [0.29, 0.717) is 0 Å².